The van der Waals surface area contributed by atoms with Crippen LogP contribution in [-0.2, 0) is 17.9 Å². The number of amides is 1. The summed E-state index contributed by atoms with van der Waals surface area (Å²) >= 11 is 0. The highest BCUT2D eigenvalue weighted by Gasteiger charge is 2.15. The Balaban J connectivity index is 1.97. The molecule has 0 radical (unpaired) electrons. The van der Waals surface area contributed by atoms with Gasteiger partial charge in [-0.2, -0.15) is 0 Å². The third kappa shape index (κ3) is 5.69. The Morgan fingerprint density at radius 3 is 2.19 bits per heavy atom. The molecule has 0 fully saturated rings. The Kier molecular flexibility index (Phi) is 7.19. The van der Waals surface area contributed by atoms with Crippen LogP contribution in [-0.4, -0.2) is 50.6 Å². The molecule has 0 heterocycles. The van der Waals surface area contributed by atoms with Gasteiger partial charge in [-0.15, -0.1) is 0 Å². The van der Waals surface area contributed by atoms with E-state index in [1.165, 1.54) is 12.1 Å². The molecule has 0 aliphatic heterocycles. The SMILES string of the molecule is COc1cc(C)c(CN(C)C(=O)CN(C)Cc2ccc(F)cc2)cc1OC. The average Bonchev–Trinajstić information content (AvgIpc) is 2.64. The molecule has 0 saturated heterocycles. The molecule has 146 valence electrons. The molecule has 0 unspecified atom stereocenters. The van der Waals surface area contributed by atoms with E-state index in [1.807, 2.05) is 31.0 Å². The number of carbonyl (C=O) groups is 1. The first-order chi connectivity index (χ1) is 12.8. The van der Waals surface area contributed by atoms with Gasteiger partial charge in [0.15, 0.2) is 11.5 Å². The normalized spacial score (nSPS) is 10.8. The van der Waals surface area contributed by atoms with Crippen molar-refractivity contribution >= 4 is 5.91 Å². The van der Waals surface area contributed by atoms with Crippen LogP contribution < -0.4 is 9.47 Å². The zero-order valence-electron chi connectivity index (χ0n) is 16.6. The van der Waals surface area contributed by atoms with Crippen LogP contribution in [0.4, 0.5) is 4.39 Å². The van der Waals surface area contributed by atoms with Gasteiger partial charge in [0.2, 0.25) is 5.91 Å². The Hall–Kier alpha value is -2.60. The topological polar surface area (TPSA) is 42.0 Å². The number of benzene rings is 2. The molecule has 0 bridgehead atoms. The van der Waals surface area contributed by atoms with Crippen molar-refractivity contribution in [2.75, 3.05) is 34.9 Å². The molecule has 6 heteroatoms. The molecule has 0 saturated carbocycles. The summed E-state index contributed by atoms with van der Waals surface area (Å²) in [6.07, 6.45) is 0. The molecule has 0 aliphatic rings. The lowest BCUT2D eigenvalue weighted by atomic mass is 10.1. The van der Waals surface area contributed by atoms with Crippen LogP contribution in [0, 0.1) is 12.7 Å². The minimum Gasteiger partial charge on any atom is -0.493 e. The summed E-state index contributed by atoms with van der Waals surface area (Å²) in [6, 6.07) is 10.1. The van der Waals surface area contributed by atoms with Crippen LogP contribution in [0.5, 0.6) is 11.5 Å². The first-order valence-corrected chi connectivity index (χ1v) is 8.72. The van der Waals surface area contributed by atoms with Crippen molar-refractivity contribution in [3.63, 3.8) is 0 Å². The standard InChI is InChI=1S/C21H27FN2O3/c1-15-10-19(26-4)20(27-5)11-17(15)13-24(3)21(25)14-23(2)12-16-6-8-18(22)9-7-16/h6-11H,12-14H2,1-5H3. The van der Waals surface area contributed by atoms with E-state index < -0.39 is 0 Å². The van der Waals surface area contributed by atoms with Gasteiger partial charge < -0.3 is 14.4 Å². The number of nitrogens with zero attached hydrogens (tertiary/aromatic N) is 2. The predicted molar refractivity (Wildman–Crippen MR) is 103 cm³/mol. The number of halogens is 1. The van der Waals surface area contributed by atoms with Crippen molar-refractivity contribution in [2.45, 2.75) is 20.0 Å². The summed E-state index contributed by atoms with van der Waals surface area (Å²) in [5.74, 6) is 1.07. The van der Waals surface area contributed by atoms with Gasteiger partial charge in [-0.1, -0.05) is 12.1 Å². The molecule has 0 aliphatic carbocycles. The molecule has 2 rings (SSSR count). The quantitative estimate of drug-likeness (QED) is 0.711. The molecule has 2 aromatic rings. The molecule has 0 spiro atoms. The third-order valence-corrected chi connectivity index (χ3v) is 4.45. The largest absolute Gasteiger partial charge is 0.493 e. The summed E-state index contributed by atoms with van der Waals surface area (Å²) in [5, 5.41) is 0. The Morgan fingerprint density at radius 2 is 1.59 bits per heavy atom. The lowest BCUT2D eigenvalue weighted by Gasteiger charge is -2.23. The maximum Gasteiger partial charge on any atom is 0.236 e. The van der Waals surface area contributed by atoms with Crippen LogP contribution in [0.25, 0.3) is 0 Å². The number of methoxy groups -OCH3 is 2. The number of rotatable bonds is 8. The number of ether oxygens (including phenoxy) is 2. The first-order valence-electron chi connectivity index (χ1n) is 8.72. The summed E-state index contributed by atoms with van der Waals surface area (Å²) in [6.45, 7) is 3.32. The number of hydrogen-bond acceptors (Lipinski definition) is 4. The van der Waals surface area contributed by atoms with E-state index in [4.69, 9.17) is 9.47 Å². The summed E-state index contributed by atoms with van der Waals surface area (Å²) in [7, 11) is 6.85. The summed E-state index contributed by atoms with van der Waals surface area (Å²) < 4.78 is 23.6. The van der Waals surface area contributed by atoms with Crippen LogP contribution in [0.1, 0.15) is 16.7 Å². The fraction of sp³-hybridized carbons (Fsp3) is 0.381. The molecule has 2 aromatic carbocycles. The average molecular weight is 374 g/mol. The van der Waals surface area contributed by atoms with E-state index in [0.29, 0.717) is 24.6 Å². The van der Waals surface area contributed by atoms with Gasteiger partial charge in [-0.25, -0.2) is 4.39 Å². The van der Waals surface area contributed by atoms with E-state index in [-0.39, 0.29) is 18.3 Å². The smallest absolute Gasteiger partial charge is 0.236 e. The zero-order valence-corrected chi connectivity index (χ0v) is 16.6. The van der Waals surface area contributed by atoms with Crippen molar-refractivity contribution in [1.82, 2.24) is 9.80 Å². The lowest BCUT2D eigenvalue weighted by molar-refractivity contribution is -0.131. The maximum atomic E-state index is 13.0. The fourth-order valence-electron chi connectivity index (χ4n) is 2.85. The Labute approximate surface area is 160 Å². The van der Waals surface area contributed by atoms with E-state index in [9.17, 15) is 9.18 Å². The second kappa shape index (κ2) is 9.37. The maximum absolute atomic E-state index is 13.0. The highest BCUT2D eigenvalue weighted by molar-refractivity contribution is 5.78. The van der Waals surface area contributed by atoms with E-state index in [2.05, 4.69) is 0 Å². The van der Waals surface area contributed by atoms with Crippen LogP contribution >= 0.6 is 0 Å². The van der Waals surface area contributed by atoms with Gasteiger partial charge in [-0.3, -0.25) is 9.69 Å². The van der Waals surface area contributed by atoms with Gasteiger partial charge in [-0.05, 0) is 54.9 Å². The number of likely N-dealkylation sites (N-methyl/N-ethyl adjacent to an activating group) is 2. The van der Waals surface area contributed by atoms with Crippen LogP contribution in [0.15, 0.2) is 36.4 Å². The molecule has 5 nitrogen and oxygen atoms in total. The third-order valence-electron chi connectivity index (χ3n) is 4.45. The van der Waals surface area contributed by atoms with E-state index in [0.717, 1.165) is 16.7 Å². The van der Waals surface area contributed by atoms with Crippen LogP contribution in [0.3, 0.4) is 0 Å². The van der Waals surface area contributed by atoms with Gasteiger partial charge in [0.05, 0.1) is 20.8 Å². The molecule has 27 heavy (non-hydrogen) atoms. The first kappa shape index (κ1) is 20.7. The number of aryl methyl sites for hydroxylation is 1. The summed E-state index contributed by atoms with van der Waals surface area (Å²) in [4.78, 5) is 16.2. The molecule has 0 aromatic heterocycles. The molecule has 0 N–H and O–H groups in total. The van der Waals surface area contributed by atoms with Gasteiger partial charge in [0.1, 0.15) is 5.82 Å². The van der Waals surface area contributed by atoms with E-state index in [1.54, 1.807) is 38.3 Å². The monoisotopic (exact) mass is 374 g/mol. The van der Waals surface area contributed by atoms with Crippen molar-refractivity contribution < 1.29 is 18.7 Å². The predicted octanol–water partition coefficient (Wildman–Crippen LogP) is 3.24. The Bertz CT molecular complexity index is 778. The van der Waals surface area contributed by atoms with Crippen LogP contribution in [0.2, 0.25) is 0 Å². The zero-order chi connectivity index (χ0) is 20.0. The van der Waals surface area contributed by atoms with Crippen molar-refractivity contribution in [2.24, 2.45) is 0 Å². The minimum absolute atomic E-state index is 0.00814. The van der Waals surface area contributed by atoms with Gasteiger partial charge >= 0.3 is 0 Å². The molecule has 1 amide bonds. The highest BCUT2D eigenvalue weighted by atomic mass is 19.1. The van der Waals surface area contributed by atoms with Crippen molar-refractivity contribution in [3.8, 4) is 11.5 Å². The minimum atomic E-state index is -0.262. The molecule has 0 atom stereocenters. The van der Waals surface area contributed by atoms with Crippen molar-refractivity contribution in [1.29, 1.82) is 0 Å². The van der Waals surface area contributed by atoms with Gasteiger partial charge in [0.25, 0.3) is 0 Å². The highest BCUT2D eigenvalue weighted by Crippen LogP contribution is 2.30. The molecular weight excluding hydrogens is 347 g/mol. The summed E-state index contributed by atoms with van der Waals surface area (Å²) in [5.41, 5.74) is 3.00. The second-order valence-corrected chi connectivity index (χ2v) is 6.68. The van der Waals surface area contributed by atoms with Gasteiger partial charge in [0, 0.05) is 20.1 Å². The second-order valence-electron chi connectivity index (χ2n) is 6.68. The number of hydrogen-bond donors (Lipinski definition) is 0. The fourth-order valence-corrected chi connectivity index (χ4v) is 2.85. The Morgan fingerprint density at radius 1 is 1.00 bits per heavy atom. The molecular formula is C21H27FN2O3. The lowest BCUT2D eigenvalue weighted by Crippen LogP contribution is -2.36. The van der Waals surface area contributed by atoms with E-state index >= 15 is 0 Å². The number of carbonyl (C=O) groups excluding carboxylic acids is 1. The van der Waals surface area contributed by atoms with Crippen molar-refractivity contribution in [3.05, 3.63) is 58.9 Å².